The Morgan fingerprint density at radius 1 is 1.50 bits per heavy atom. The minimum absolute atomic E-state index is 0.181. The lowest BCUT2D eigenvalue weighted by atomic mass is 9.87. The van der Waals surface area contributed by atoms with Gasteiger partial charge in [-0.1, -0.05) is 13.8 Å². The van der Waals surface area contributed by atoms with Crippen molar-refractivity contribution < 1.29 is 20.1 Å². The standard InChI is InChI=1S/C9H17NO4/c1-9(2,6-12)7(13)8(14)10-4-3-5-11/h3-4,7,11-13H,5-6H2,1-2H3,(H,10,14)/b4-3+. The van der Waals surface area contributed by atoms with Gasteiger partial charge in [-0.15, -0.1) is 0 Å². The highest BCUT2D eigenvalue weighted by atomic mass is 16.3. The van der Waals surface area contributed by atoms with Crippen LogP contribution in [-0.4, -0.2) is 40.5 Å². The topological polar surface area (TPSA) is 89.8 Å². The lowest BCUT2D eigenvalue weighted by Crippen LogP contribution is -2.44. The number of hydrogen-bond donors (Lipinski definition) is 4. The number of carbonyl (C=O) groups excluding carboxylic acids is 1. The van der Waals surface area contributed by atoms with E-state index in [-0.39, 0.29) is 13.2 Å². The second kappa shape index (κ2) is 5.74. The van der Waals surface area contributed by atoms with Gasteiger partial charge in [-0.2, -0.15) is 0 Å². The van der Waals surface area contributed by atoms with Crippen LogP contribution in [0.1, 0.15) is 13.8 Å². The van der Waals surface area contributed by atoms with E-state index in [1.54, 1.807) is 13.8 Å². The maximum absolute atomic E-state index is 11.2. The third-order valence-electron chi connectivity index (χ3n) is 1.84. The first-order chi connectivity index (χ1) is 6.45. The summed E-state index contributed by atoms with van der Waals surface area (Å²) in [7, 11) is 0. The number of aliphatic hydroxyl groups excluding tert-OH is 3. The van der Waals surface area contributed by atoms with Gasteiger partial charge in [0, 0.05) is 11.6 Å². The Bertz CT molecular complexity index is 213. The molecule has 0 radical (unpaired) electrons. The SMILES string of the molecule is CC(C)(CO)C(O)C(=O)N/C=C/CO. The zero-order chi connectivity index (χ0) is 11.2. The van der Waals surface area contributed by atoms with Crippen LogP contribution in [0.25, 0.3) is 0 Å². The van der Waals surface area contributed by atoms with Crippen molar-refractivity contribution in [1.82, 2.24) is 5.32 Å². The molecule has 14 heavy (non-hydrogen) atoms. The van der Waals surface area contributed by atoms with E-state index >= 15 is 0 Å². The fraction of sp³-hybridized carbons (Fsp3) is 0.667. The Balaban J connectivity index is 4.19. The summed E-state index contributed by atoms with van der Waals surface area (Å²) in [6.45, 7) is 2.69. The summed E-state index contributed by atoms with van der Waals surface area (Å²) in [6.07, 6.45) is 1.30. The number of aliphatic hydroxyl groups is 3. The summed E-state index contributed by atoms with van der Waals surface area (Å²) >= 11 is 0. The fourth-order valence-corrected chi connectivity index (χ4v) is 0.714. The Labute approximate surface area is 83.1 Å². The van der Waals surface area contributed by atoms with Crippen molar-refractivity contribution in [2.24, 2.45) is 5.41 Å². The summed E-state index contributed by atoms with van der Waals surface area (Å²) in [5.74, 6) is -0.603. The number of nitrogens with one attached hydrogen (secondary N) is 1. The molecule has 0 aromatic rings. The van der Waals surface area contributed by atoms with Gasteiger partial charge in [-0.3, -0.25) is 4.79 Å². The molecule has 1 atom stereocenters. The average Bonchev–Trinajstić information content (AvgIpc) is 2.17. The molecular formula is C9H17NO4. The molecule has 0 fully saturated rings. The van der Waals surface area contributed by atoms with Gasteiger partial charge in [0.25, 0.3) is 5.91 Å². The van der Waals surface area contributed by atoms with E-state index in [9.17, 15) is 9.90 Å². The molecule has 5 nitrogen and oxygen atoms in total. The maximum Gasteiger partial charge on any atom is 0.253 e. The van der Waals surface area contributed by atoms with Gasteiger partial charge in [0.15, 0.2) is 0 Å². The van der Waals surface area contributed by atoms with Crippen LogP contribution >= 0.6 is 0 Å². The van der Waals surface area contributed by atoms with Crippen LogP contribution in [0.3, 0.4) is 0 Å². The molecule has 0 heterocycles. The van der Waals surface area contributed by atoms with E-state index in [4.69, 9.17) is 10.2 Å². The van der Waals surface area contributed by atoms with Crippen LogP contribution in [0, 0.1) is 5.41 Å². The van der Waals surface area contributed by atoms with E-state index in [0.29, 0.717) is 0 Å². The van der Waals surface area contributed by atoms with Crippen molar-refractivity contribution in [2.45, 2.75) is 20.0 Å². The highest BCUT2D eigenvalue weighted by molar-refractivity contribution is 5.82. The summed E-state index contributed by atoms with van der Waals surface area (Å²) in [5.41, 5.74) is -0.878. The molecule has 0 aromatic carbocycles. The molecule has 0 aromatic heterocycles. The molecule has 0 bridgehead atoms. The van der Waals surface area contributed by atoms with Crippen molar-refractivity contribution in [1.29, 1.82) is 0 Å². The van der Waals surface area contributed by atoms with Crippen LogP contribution in [0.2, 0.25) is 0 Å². The molecule has 0 spiro atoms. The molecule has 0 aliphatic rings. The highest BCUT2D eigenvalue weighted by Gasteiger charge is 2.32. The van der Waals surface area contributed by atoms with Crippen molar-refractivity contribution in [3.8, 4) is 0 Å². The summed E-state index contributed by atoms with van der Waals surface area (Å²) in [6, 6.07) is 0. The smallest absolute Gasteiger partial charge is 0.253 e. The predicted molar refractivity (Wildman–Crippen MR) is 51.2 cm³/mol. The Hall–Kier alpha value is -0.910. The number of amides is 1. The zero-order valence-electron chi connectivity index (χ0n) is 8.40. The van der Waals surface area contributed by atoms with Crippen molar-refractivity contribution >= 4 is 5.91 Å². The fourth-order valence-electron chi connectivity index (χ4n) is 0.714. The summed E-state index contributed by atoms with van der Waals surface area (Å²) in [5, 5.41) is 29.0. The van der Waals surface area contributed by atoms with Crippen LogP contribution in [0.4, 0.5) is 0 Å². The molecule has 4 N–H and O–H groups in total. The molecule has 1 amide bonds. The number of carbonyl (C=O) groups is 1. The van der Waals surface area contributed by atoms with E-state index < -0.39 is 17.4 Å². The molecule has 1 unspecified atom stereocenters. The quantitative estimate of drug-likeness (QED) is 0.461. The minimum Gasteiger partial charge on any atom is -0.396 e. The predicted octanol–water partition coefficient (Wildman–Crippen LogP) is -1.01. The molecule has 0 saturated carbocycles. The third kappa shape index (κ3) is 3.87. The minimum atomic E-state index is -1.28. The Morgan fingerprint density at radius 2 is 2.07 bits per heavy atom. The van der Waals surface area contributed by atoms with Crippen LogP contribution < -0.4 is 5.32 Å². The molecule has 0 aliphatic carbocycles. The highest BCUT2D eigenvalue weighted by Crippen LogP contribution is 2.19. The molecule has 0 aliphatic heterocycles. The van der Waals surface area contributed by atoms with Crippen LogP contribution in [-0.2, 0) is 4.79 Å². The van der Waals surface area contributed by atoms with E-state index in [0.717, 1.165) is 0 Å². The monoisotopic (exact) mass is 203 g/mol. The lowest BCUT2D eigenvalue weighted by molar-refractivity contribution is -0.136. The van der Waals surface area contributed by atoms with Crippen molar-refractivity contribution in [2.75, 3.05) is 13.2 Å². The van der Waals surface area contributed by atoms with Gasteiger partial charge in [0.05, 0.1) is 13.2 Å². The van der Waals surface area contributed by atoms with E-state index in [1.807, 2.05) is 0 Å². The normalized spacial score (nSPS) is 14.4. The molecule has 82 valence electrons. The molecular weight excluding hydrogens is 186 g/mol. The first-order valence-electron chi connectivity index (χ1n) is 4.31. The summed E-state index contributed by atoms with van der Waals surface area (Å²) < 4.78 is 0. The largest absolute Gasteiger partial charge is 0.396 e. The average molecular weight is 203 g/mol. The maximum atomic E-state index is 11.2. The van der Waals surface area contributed by atoms with Gasteiger partial charge in [0.2, 0.25) is 0 Å². The molecule has 0 rings (SSSR count). The van der Waals surface area contributed by atoms with E-state index in [1.165, 1.54) is 12.3 Å². The number of hydrogen-bond acceptors (Lipinski definition) is 4. The lowest BCUT2D eigenvalue weighted by Gasteiger charge is -2.26. The van der Waals surface area contributed by atoms with Gasteiger partial charge in [-0.05, 0) is 6.08 Å². The first-order valence-corrected chi connectivity index (χ1v) is 4.31. The second-order valence-electron chi connectivity index (χ2n) is 3.64. The zero-order valence-corrected chi connectivity index (χ0v) is 8.40. The molecule has 5 heteroatoms. The van der Waals surface area contributed by atoms with Crippen molar-refractivity contribution in [3.63, 3.8) is 0 Å². The van der Waals surface area contributed by atoms with E-state index in [2.05, 4.69) is 5.32 Å². The first kappa shape index (κ1) is 13.1. The summed E-state index contributed by atoms with van der Waals surface area (Å²) in [4.78, 5) is 11.2. The van der Waals surface area contributed by atoms with Crippen molar-refractivity contribution in [3.05, 3.63) is 12.3 Å². The Kier molecular flexibility index (Phi) is 5.37. The number of rotatable bonds is 5. The Morgan fingerprint density at radius 3 is 2.50 bits per heavy atom. The van der Waals surface area contributed by atoms with Gasteiger partial charge in [-0.25, -0.2) is 0 Å². The molecule has 0 saturated heterocycles. The van der Waals surface area contributed by atoms with Crippen LogP contribution in [0.5, 0.6) is 0 Å². The van der Waals surface area contributed by atoms with Gasteiger partial charge in [0.1, 0.15) is 6.10 Å². The van der Waals surface area contributed by atoms with Crippen LogP contribution in [0.15, 0.2) is 12.3 Å². The van der Waals surface area contributed by atoms with Gasteiger partial charge >= 0.3 is 0 Å². The van der Waals surface area contributed by atoms with Gasteiger partial charge < -0.3 is 20.6 Å². The second-order valence-corrected chi connectivity index (χ2v) is 3.64. The third-order valence-corrected chi connectivity index (χ3v) is 1.84.